The van der Waals surface area contributed by atoms with Crippen molar-refractivity contribution in [3.63, 3.8) is 0 Å². The summed E-state index contributed by atoms with van der Waals surface area (Å²) in [4.78, 5) is 8.90. The third-order valence-corrected chi connectivity index (χ3v) is 4.07. The third-order valence-electron chi connectivity index (χ3n) is 3.12. The number of anilines is 1. The predicted octanol–water partition coefficient (Wildman–Crippen LogP) is 1.51. The highest BCUT2D eigenvalue weighted by atomic mass is 32.2. The van der Waals surface area contributed by atoms with E-state index in [9.17, 15) is 8.42 Å². The van der Waals surface area contributed by atoms with Crippen molar-refractivity contribution in [2.45, 2.75) is 32.1 Å². The van der Waals surface area contributed by atoms with E-state index in [1.54, 1.807) is 0 Å². The Hall–Kier alpha value is -1.17. The Bertz CT molecular complexity index is 524. The maximum absolute atomic E-state index is 11.0. The van der Waals surface area contributed by atoms with Crippen molar-refractivity contribution >= 4 is 15.7 Å². The Kier molecular flexibility index (Phi) is 3.85. The van der Waals surface area contributed by atoms with Crippen LogP contribution in [0.25, 0.3) is 0 Å². The van der Waals surface area contributed by atoms with Crippen molar-refractivity contribution in [3.05, 3.63) is 17.6 Å². The molecule has 0 atom stereocenters. The smallest absolute Gasteiger partial charge is 0.149 e. The summed E-state index contributed by atoms with van der Waals surface area (Å²) in [6.45, 7) is 2.32. The second-order valence-corrected chi connectivity index (χ2v) is 7.20. The molecule has 1 aliphatic carbocycles. The monoisotopic (exact) mass is 269 g/mol. The van der Waals surface area contributed by atoms with E-state index in [1.807, 2.05) is 13.0 Å². The number of nitrogens with one attached hydrogen (secondary N) is 1. The van der Waals surface area contributed by atoms with Crippen LogP contribution >= 0.6 is 0 Å². The molecule has 18 heavy (non-hydrogen) atoms. The molecule has 0 spiro atoms. The molecule has 0 aliphatic heterocycles. The van der Waals surface area contributed by atoms with E-state index < -0.39 is 9.84 Å². The SMILES string of the molecule is Cc1cc(NCCS(C)(=O)=O)nc(C2CCC2)n1. The number of hydrogen-bond donors (Lipinski definition) is 1. The zero-order valence-electron chi connectivity index (χ0n) is 10.8. The first kappa shape index (κ1) is 13.3. The van der Waals surface area contributed by atoms with Crippen molar-refractivity contribution in [2.24, 2.45) is 0 Å². The van der Waals surface area contributed by atoms with Crippen molar-refractivity contribution in [1.29, 1.82) is 0 Å². The minimum atomic E-state index is -2.93. The van der Waals surface area contributed by atoms with Crippen LogP contribution in [0.3, 0.4) is 0 Å². The zero-order valence-corrected chi connectivity index (χ0v) is 11.6. The van der Waals surface area contributed by atoms with Gasteiger partial charge in [0.1, 0.15) is 21.5 Å². The standard InChI is InChI=1S/C12H19N3O2S/c1-9-8-11(13-6-7-18(2,16)17)15-12(14-9)10-4-3-5-10/h8,10H,3-7H2,1-2H3,(H,13,14,15). The van der Waals surface area contributed by atoms with Gasteiger partial charge in [0.2, 0.25) is 0 Å². The van der Waals surface area contributed by atoms with E-state index in [0.29, 0.717) is 12.5 Å². The molecule has 0 bridgehead atoms. The Balaban J connectivity index is 2.01. The summed E-state index contributed by atoms with van der Waals surface area (Å²) in [5, 5.41) is 3.06. The van der Waals surface area contributed by atoms with E-state index in [-0.39, 0.29) is 5.75 Å². The second kappa shape index (κ2) is 5.22. The second-order valence-electron chi connectivity index (χ2n) is 4.94. The number of rotatable bonds is 5. The fourth-order valence-corrected chi connectivity index (χ4v) is 2.37. The van der Waals surface area contributed by atoms with Gasteiger partial charge in [-0.3, -0.25) is 0 Å². The molecule has 0 radical (unpaired) electrons. The maximum atomic E-state index is 11.0. The summed E-state index contributed by atoms with van der Waals surface area (Å²) in [7, 11) is -2.93. The highest BCUT2D eigenvalue weighted by molar-refractivity contribution is 7.90. The van der Waals surface area contributed by atoms with E-state index in [4.69, 9.17) is 0 Å². The lowest BCUT2D eigenvalue weighted by Gasteiger charge is -2.24. The molecule has 2 rings (SSSR count). The van der Waals surface area contributed by atoms with Crippen LogP contribution < -0.4 is 5.32 Å². The highest BCUT2D eigenvalue weighted by Gasteiger charge is 2.22. The first-order valence-electron chi connectivity index (χ1n) is 6.21. The fraction of sp³-hybridized carbons (Fsp3) is 0.667. The van der Waals surface area contributed by atoms with Crippen LogP contribution in [0.5, 0.6) is 0 Å². The molecule has 0 aromatic carbocycles. The number of hydrogen-bond acceptors (Lipinski definition) is 5. The van der Waals surface area contributed by atoms with E-state index in [1.165, 1.54) is 12.7 Å². The molecule has 100 valence electrons. The largest absolute Gasteiger partial charge is 0.369 e. The summed E-state index contributed by atoms with van der Waals surface area (Å²) in [6, 6.07) is 1.85. The lowest BCUT2D eigenvalue weighted by Crippen LogP contribution is -2.17. The normalized spacial score (nSPS) is 16.3. The van der Waals surface area contributed by atoms with Gasteiger partial charge >= 0.3 is 0 Å². The third kappa shape index (κ3) is 3.66. The van der Waals surface area contributed by atoms with Crippen LogP contribution in [0.15, 0.2) is 6.07 Å². The Morgan fingerprint density at radius 2 is 2.11 bits per heavy atom. The molecule has 1 fully saturated rings. The first-order chi connectivity index (χ1) is 8.44. The van der Waals surface area contributed by atoms with Gasteiger partial charge in [0.25, 0.3) is 0 Å². The van der Waals surface area contributed by atoms with Crippen molar-refractivity contribution in [2.75, 3.05) is 23.9 Å². The van der Waals surface area contributed by atoms with Crippen LogP contribution in [0, 0.1) is 6.92 Å². The van der Waals surface area contributed by atoms with Gasteiger partial charge < -0.3 is 5.32 Å². The van der Waals surface area contributed by atoms with E-state index >= 15 is 0 Å². The first-order valence-corrected chi connectivity index (χ1v) is 8.27. The maximum Gasteiger partial charge on any atom is 0.149 e. The lowest BCUT2D eigenvalue weighted by atomic mass is 9.85. The van der Waals surface area contributed by atoms with Crippen LogP contribution in [0.4, 0.5) is 5.82 Å². The van der Waals surface area contributed by atoms with Crippen molar-refractivity contribution in [3.8, 4) is 0 Å². The molecule has 6 heteroatoms. The minimum Gasteiger partial charge on any atom is -0.369 e. The van der Waals surface area contributed by atoms with E-state index in [0.717, 1.165) is 30.2 Å². The highest BCUT2D eigenvalue weighted by Crippen LogP contribution is 2.34. The quantitative estimate of drug-likeness (QED) is 0.877. The Morgan fingerprint density at radius 1 is 1.39 bits per heavy atom. The molecular weight excluding hydrogens is 250 g/mol. The van der Waals surface area contributed by atoms with Gasteiger partial charge in [-0.2, -0.15) is 0 Å². The summed E-state index contributed by atoms with van der Waals surface area (Å²) in [5.74, 6) is 2.23. The predicted molar refractivity (Wildman–Crippen MR) is 71.6 cm³/mol. The molecule has 0 saturated heterocycles. The average Bonchev–Trinajstić information content (AvgIpc) is 2.11. The fourth-order valence-electron chi connectivity index (χ4n) is 1.90. The van der Waals surface area contributed by atoms with Gasteiger partial charge in [0.15, 0.2) is 0 Å². The van der Waals surface area contributed by atoms with Gasteiger partial charge in [-0.1, -0.05) is 6.42 Å². The lowest BCUT2D eigenvalue weighted by molar-refractivity contribution is 0.401. The molecule has 5 nitrogen and oxygen atoms in total. The molecule has 1 aromatic heterocycles. The number of sulfone groups is 1. The van der Waals surface area contributed by atoms with Crippen molar-refractivity contribution < 1.29 is 8.42 Å². The van der Waals surface area contributed by atoms with Crippen LogP contribution in [0.2, 0.25) is 0 Å². The van der Waals surface area contributed by atoms with Crippen LogP contribution in [-0.2, 0) is 9.84 Å². The molecule has 1 aliphatic rings. The van der Waals surface area contributed by atoms with E-state index in [2.05, 4.69) is 15.3 Å². The summed E-state index contributed by atoms with van der Waals surface area (Å²) < 4.78 is 22.1. The van der Waals surface area contributed by atoms with Gasteiger partial charge in [0, 0.05) is 30.5 Å². The summed E-state index contributed by atoms with van der Waals surface area (Å²) in [5.41, 5.74) is 0.925. The molecule has 1 N–H and O–H groups in total. The van der Waals surface area contributed by atoms with Gasteiger partial charge in [-0.15, -0.1) is 0 Å². The molecule has 0 unspecified atom stereocenters. The molecular formula is C12H19N3O2S. The topological polar surface area (TPSA) is 72.0 Å². The Morgan fingerprint density at radius 3 is 2.67 bits per heavy atom. The molecule has 0 amide bonds. The number of nitrogens with zero attached hydrogens (tertiary/aromatic N) is 2. The van der Waals surface area contributed by atoms with Gasteiger partial charge in [-0.25, -0.2) is 18.4 Å². The summed E-state index contributed by atoms with van der Waals surface area (Å²) >= 11 is 0. The average molecular weight is 269 g/mol. The zero-order chi connectivity index (χ0) is 13.2. The van der Waals surface area contributed by atoms with Crippen molar-refractivity contribution in [1.82, 2.24) is 9.97 Å². The van der Waals surface area contributed by atoms with Gasteiger partial charge in [0.05, 0.1) is 5.75 Å². The molecule has 1 saturated carbocycles. The minimum absolute atomic E-state index is 0.120. The summed E-state index contributed by atoms with van der Waals surface area (Å²) in [6.07, 6.45) is 4.80. The molecule has 1 heterocycles. The Labute approximate surface area is 108 Å². The van der Waals surface area contributed by atoms with Crippen LogP contribution in [0.1, 0.15) is 36.7 Å². The van der Waals surface area contributed by atoms with Gasteiger partial charge in [-0.05, 0) is 19.8 Å². The molecule has 1 aromatic rings. The van der Waals surface area contributed by atoms with Crippen LogP contribution in [-0.4, -0.2) is 36.9 Å². The number of aromatic nitrogens is 2. The number of aryl methyl sites for hydroxylation is 1.